The van der Waals surface area contributed by atoms with Crippen molar-refractivity contribution in [2.45, 2.75) is 46.1 Å². The van der Waals surface area contributed by atoms with Crippen molar-refractivity contribution in [1.82, 2.24) is 9.88 Å². The van der Waals surface area contributed by atoms with Crippen LogP contribution in [-0.2, 0) is 4.74 Å². The minimum Gasteiger partial charge on any atom is -0.477 e. The first kappa shape index (κ1) is 16.6. The average Bonchev–Trinajstić information content (AvgIpc) is 2.45. The highest BCUT2D eigenvalue weighted by molar-refractivity contribution is 5.68. The molecule has 0 radical (unpaired) electrons. The van der Waals surface area contributed by atoms with E-state index in [-0.39, 0.29) is 6.09 Å². The van der Waals surface area contributed by atoms with Crippen LogP contribution in [-0.4, -0.2) is 41.3 Å². The Morgan fingerprint density at radius 1 is 1.45 bits per heavy atom. The molecule has 0 aromatic carbocycles. The summed E-state index contributed by atoms with van der Waals surface area (Å²) in [6.45, 7) is 9.67. The van der Waals surface area contributed by atoms with Gasteiger partial charge in [0.2, 0.25) is 5.88 Å². The van der Waals surface area contributed by atoms with Crippen molar-refractivity contribution in [3.05, 3.63) is 23.9 Å². The summed E-state index contributed by atoms with van der Waals surface area (Å²) in [5, 5.41) is 0. The van der Waals surface area contributed by atoms with Gasteiger partial charge in [-0.3, -0.25) is 0 Å². The highest BCUT2D eigenvalue weighted by atomic mass is 16.6. The number of aryl methyl sites for hydroxylation is 1. The lowest BCUT2D eigenvalue weighted by Crippen LogP contribution is -2.44. The zero-order valence-corrected chi connectivity index (χ0v) is 14.0. The van der Waals surface area contributed by atoms with Gasteiger partial charge in [-0.05, 0) is 46.6 Å². The predicted molar refractivity (Wildman–Crippen MR) is 85.0 cm³/mol. The molecule has 2 heterocycles. The predicted octanol–water partition coefficient (Wildman–Crippen LogP) is 3.42. The second-order valence-corrected chi connectivity index (χ2v) is 6.87. The monoisotopic (exact) mass is 306 g/mol. The number of carbonyl (C=O) groups excluding carboxylic acids is 1. The highest BCUT2D eigenvalue weighted by Crippen LogP contribution is 2.21. The van der Waals surface area contributed by atoms with Crippen molar-refractivity contribution in [2.75, 3.05) is 19.7 Å². The number of nitrogens with zero attached hydrogens (tertiary/aromatic N) is 2. The molecule has 0 unspecified atom stereocenters. The minimum absolute atomic E-state index is 0.230. The molecule has 1 aliphatic rings. The summed E-state index contributed by atoms with van der Waals surface area (Å²) in [6.07, 6.45) is 3.54. The summed E-state index contributed by atoms with van der Waals surface area (Å²) in [7, 11) is 0. The smallest absolute Gasteiger partial charge is 0.410 e. The largest absolute Gasteiger partial charge is 0.477 e. The van der Waals surface area contributed by atoms with E-state index in [9.17, 15) is 4.79 Å². The topological polar surface area (TPSA) is 51.7 Å². The van der Waals surface area contributed by atoms with Crippen molar-refractivity contribution in [3.8, 4) is 5.88 Å². The Hall–Kier alpha value is -1.78. The molecule has 0 aliphatic carbocycles. The zero-order chi connectivity index (χ0) is 16.2. The van der Waals surface area contributed by atoms with Gasteiger partial charge in [-0.1, -0.05) is 6.07 Å². The van der Waals surface area contributed by atoms with E-state index in [2.05, 4.69) is 4.98 Å². The Kier molecular flexibility index (Phi) is 5.27. The van der Waals surface area contributed by atoms with E-state index in [1.807, 2.05) is 39.8 Å². The third-order valence-electron chi connectivity index (χ3n) is 3.59. The summed E-state index contributed by atoms with van der Waals surface area (Å²) in [5.41, 5.74) is 0.577. The van der Waals surface area contributed by atoms with Crippen molar-refractivity contribution in [3.63, 3.8) is 0 Å². The molecular weight excluding hydrogens is 280 g/mol. The SMILES string of the molecule is Cc1cccnc1OC[C@@H]1CCCN(C(=O)OC(C)(C)C)C1. The number of carbonyl (C=O) groups is 1. The Labute approximate surface area is 132 Å². The first-order valence-corrected chi connectivity index (χ1v) is 7.87. The normalized spacial score (nSPS) is 18.9. The quantitative estimate of drug-likeness (QED) is 0.858. The van der Waals surface area contributed by atoms with Gasteiger partial charge in [0.25, 0.3) is 0 Å². The Morgan fingerprint density at radius 2 is 2.23 bits per heavy atom. The number of piperidine rings is 1. The van der Waals surface area contributed by atoms with Crippen LogP contribution in [0.4, 0.5) is 4.79 Å². The van der Waals surface area contributed by atoms with Crippen molar-refractivity contribution in [2.24, 2.45) is 5.92 Å². The molecule has 1 aromatic heterocycles. The lowest BCUT2D eigenvalue weighted by molar-refractivity contribution is 0.0138. The van der Waals surface area contributed by atoms with Crippen molar-refractivity contribution in [1.29, 1.82) is 0 Å². The second kappa shape index (κ2) is 6.99. The number of hydrogen-bond acceptors (Lipinski definition) is 4. The molecule has 1 fully saturated rings. The van der Waals surface area contributed by atoms with Crippen LogP contribution in [0.15, 0.2) is 18.3 Å². The molecule has 22 heavy (non-hydrogen) atoms. The van der Waals surface area contributed by atoms with Crippen LogP contribution in [0.1, 0.15) is 39.2 Å². The molecule has 5 nitrogen and oxygen atoms in total. The zero-order valence-electron chi connectivity index (χ0n) is 14.0. The second-order valence-electron chi connectivity index (χ2n) is 6.87. The van der Waals surface area contributed by atoms with E-state index in [1.54, 1.807) is 11.1 Å². The lowest BCUT2D eigenvalue weighted by Gasteiger charge is -2.34. The van der Waals surface area contributed by atoms with Crippen LogP contribution in [0.2, 0.25) is 0 Å². The summed E-state index contributed by atoms with van der Waals surface area (Å²) < 4.78 is 11.3. The summed E-state index contributed by atoms with van der Waals surface area (Å²) in [5.74, 6) is 1.000. The van der Waals surface area contributed by atoms with Gasteiger partial charge in [0.1, 0.15) is 5.60 Å². The first-order valence-electron chi connectivity index (χ1n) is 7.87. The Bertz CT molecular complexity index is 511. The van der Waals surface area contributed by atoms with E-state index in [1.165, 1.54) is 0 Å². The third-order valence-corrected chi connectivity index (χ3v) is 3.59. The van der Waals surface area contributed by atoms with Crippen molar-refractivity contribution >= 4 is 6.09 Å². The molecule has 2 rings (SSSR count). The van der Waals surface area contributed by atoms with Crippen LogP contribution in [0.25, 0.3) is 0 Å². The van der Waals surface area contributed by atoms with E-state index >= 15 is 0 Å². The van der Waals surface area contributed by atoms with Crippen LogP contribution in [0.5, 0.6) is 5.88 Å². The molecule has 1 saturated heterocycles. The van der Waals surface area contributed by atoms with Gasteiger partial charge in [-0.15, -0.1) is 0 Å². The molecule has 1 atom stereocenters. The van der Waals surface area contributed by atoms with E-state index < -0.39 is 5.60 Å². The standard InChI is InChI=1S/C17H26N2O3/c1-13-7-5-9-18-15(13)21-12-14-8-6-10-19(11-14)16(20)22-17(2,3)4/h5,7,9,14H,6,8,10-12H2,1-4H3/t14-/m1/s1. The number of aromatic nitrogens is 1. The van der Waals surface area contributed by atoms with Crippen LogP contribution in [0.3, 0.4) is 0 Å². The third kappa shape index (κ3) is 4.90. The van der Waals surface area contributed by atoms with Gasteiger partial charge in [0.15, 0.2) is 0 Å². The fourth-order valence-electron chi connectivity index (χ4n) is 2.51. The molecule has 1 aliphatic heterocycles. The van der Waals surface area contributed by atoms with E-state index in [0.717, 1.165) is 24.9 Å². The number of rotatable bonds is 3. The van der Waals surface area contributed by atoms with Gasteiger partial charge >= 0.3 is 6.09 Å². The van der Waals surface area contributed by atoms with Crippen molar-refractivity contribution < 1.29 is 14.3 Å². The Morgan fingerprint density at radius 3 is 2.91 bits per heavy atom. The molecule has 122 valence electrons. The highest BCUT2D eigenvalue weighted by Gasteiger charge is 2.28. The first-order chi connectivity index (χ1) is 10.3. The van der Waals surface area contributed by atoms with E-state index in [4.69, 9.17) is 9.47 Å². The molecular formula is C17H26N2O3. The van der Waals surface area contributed by atoms with Crippen LogP contribution < -0.4 is 4.74 Å². The maximum absolute atomic E-state index is 12.1. The summed E-state index contributed by atoms with van der Waals surface area (Å²) in [6, 6.07) is 3.88. The van der Waals surface area contributed by atoms with Crippen LogP contribution in [0, 0.1) is 12.8 Å². The molecule has 5 heteroatoms. The summed E-state index contributed by atoms with van der Waals surface area (Å²) in [4.78, 5) is 18.2. The molecule has 0 bridgehead atoms. The molecule has 0 spiro atoms. The van der Waals surface area contributed by atoms with Gasteiger partial charge in [0, 0.05) is 30.8 Å². The fraction of sp³-hybridized carbons (Fsp3) is 0.647. The van der Waals surface area contributed by atoms with E-state index in [0.29, 0.717) is 24.9 Å². The van der Waals surface area contributed by atoms with Gasteiger partial charge < -0.3 is 14.4 Å². The number of hydrogen-bond donors (Lipinski definition) is 0. The Balaban J connectivity index is 1.86. The van der Waals surface area contributed by atoms with Gasteiger partial charge in [-0.2, -0.15) is 0 Å². The molecule has 1 aromatic rings. The minimum atomic E-state index is -0.453. The lowest BCUT2D eigenvalue weighted by atomic mass is 9.99. The molecule has 0 N–H and O–H groups in total. The fourth-order valence-corrected chi connectivity index (χ4v) is 2.51. The van der Waals surface area contributed by atoms with Gasteiger partial charge in [0.05, 0.1) is 6.61 Å². The van der Waals surface area contributed by atoms with Crippen LogP contribution >= 0.6 is 0 Å². The number of pyridine rings is 1. The maximum Gasteiger partial charge on any atom is 0.410 e. The summed E-state index contributed by atoms with van der Waals surface area (Å²) >= 11 is 0. The number of ether oxygens (including phenoxy) is 2. The number of likely N-dealkylation sites (tertiary alicyclic amines) is 1. The average molecular weight is 306 g/mol. The molecule has 0 saturated carbocycles. The maximum atomic E-state index is 12.1. The number of amides is 1. The van der Waals surface area contributed by atoms with Gasteiger partial charge in [-0.25, -0.2) is 9.78 Å². The molecule has 1 amide bonds.